The van der Waals surface area contributed by atoms with Crippen LogP contribution in [0.4, 0.5) is 5.82 Å². The minimum atomic E-state index is -0.312. The van der Waals surface area contributed by atoms with E-state index in [-0.39, 0.29) is 17.2 Å². The standard InChI is InChI=1S/C23H18ClN7O2S/c24-18-9-5-4-6-15(18)13-30-19(10-11-25-30)27-20(32)14-34-23-28-21-17(22(33)29-23)12-26-31(21)16-7-2-1-3-8-16/h1-12H,13-14H2,(H,27,32)(H,28,29,33). The average Bonchev–Trinajstić information content (AvgIpc) is 3.47. The maximum Gasteiger partial charge on any atom is 0.262 e. The average molecular weight is 492 g/mol. The van der Waals surface area contributed by atoms with Crippen molar-refractivity contribution < 1.29 is 4.79 Å². The van der Waals surface area contributed by atoms with E-state index in [0.717, 1.165) is 23.0 Å². The molecule has 3 heterocycles. The lowest BCUT2D eigenvalue weighted by atomic mass is 10.2. The number of amides is 1. The lowest BCUT2D eigenvalue weighted by Gasteiger charge is -2.10. The Morgan fingerprint density at radius 1 is 1.06 bits per heavy atom. The summed E-state index contributed by atoms with van der Waals surface area (Å²) in [6, 6.07) is 18.6. The lowest BCUT2D eigenvalue weighted by Crippen LogP contribution is -2.18. The zero-order valence-corrected chi connectivity index (χ0v) is 19.3. The molecule has 3 aromatic heterocycles. The normalized spacial score (nSPS) is 11.1. The van der Waals surface area contributed by atoms with Gasteiger partial charge in [-0.25, -0.2) is 14.3 Å². The van der Waals surface area contributed by atoms with Gasteiger partial charge in [-0.1, -0.05) is 59.8 Å². The van der Waals surface area contributed by atoms with Crippen molar-refractivity contribution in [2.24, 2.45) is 0 Å². The quantitative estimate of drug-likeness (QED) is 0.265. The van der Waals surface area contributed by atoms with E-state index in [2.05, 4.69) is 25.5 Å². The van der Waals surface area contributed by atoms with Gasteiger partial charge >= 0.3 is 0 Å². The summed E-state index contributed by atoms with van der Waals surface area (Å²) in [5, 5.41) is 12.7. The van der Waals surface area contributed by atoms with E-state index in [4.69, 9.17) is 11.6 Å². The number of anilines is 1. The second-order valence-corrected chi connectivity index (χ2v) is 8.67. The van der Waals surface area contributed by atoms with Crippen molar-refractivity contribution in [3.63, 3.8) is 0 Å². The summed E-state index contributed by atoms with van der Waals surface area (Å²) in [5.41, 5.74) is 1.79. The van der Waals surface area contributed by atoms with Gasteiger partial charge in [0.2, 0.25) is 5.91 Å². The van der Waals surface area contributed by atoms with E-state index in [9.17, 15) is 9.59 Å². The van der Waals surface area contributed by atoms with Gasteiger partial charge in [0.15, 0.2) is 10.8 Å². The van der Waals surface area contributed by atoms with Crippen LogP contribution in [0.1, 0.15) is 5.56 Å². The number of nitrogens with one attached hydrogen (secondary N) is 2. The molecule has 1 amide bonds. The van der Waals surface area contributed by atoms with Crippen molar-refractivity contribution in [3.8, 4) is 5.69 Å². The molecule has 0 unspecified atom stereocenters. The van der Waals surface area contributed by atoms with E-state index < -0.39 is 0 Å². The molecule has 0 aliphatic heterocycles. The number of hydrogen-bond acceptors (Lipinski definition) is 6. The van der Waals surface area contributed by atoms with Gasteiger partial charge in [-0.3, -0.25) is 9.59 Å². The van der Waals surface area contributed by atoms with E-state index >= 15 is 0 Å². The van der Waals surface area contributed by atoms with Gasteiger partial charge in [0.25, 0.3) is 5.56 Å². The molecule has 2 N–H and O–H groups in total. The highest BCUT2D eigenvalue weighted by atomic mass is 35.5. The number of halogens is 1. The fourth-order valence-corrected chi connectivity index (χ4v) is 4.24. The topological polar surface area (TPSA) is 110 Å². The predicted molar refractivity (Wildman–Crippen MR) is 132 cm³/mol. The Morgan fingerprint density at radius 2 is 1.85 bits per heavy atom. The fraction of sp³-hybridized carbons (Fsp3) is 0.0870. The van der Waals surface area contributed by atoms with Crippen molar-refractivity contribution in [3.05, 3.63) is 94.0 Å². The summed E-state index contributed by atoms with van der Waals surface area (Å²) >= 11 is 7.37. The fourth-order valence-electron chi connectivity index (χ4n) is 3.39. The van der Waals surface area contributed by atoms with Crippen LogP contribution in [0.2, 0.25) is 5.02 Å². The molecule has 5 aromatic rings. The van der Waals surface area contributed by atoms with Crippen molar-refractivity contribution in [2.75, 3.05) is 11.1 Å². The molecule has 0 atom stereocenters. The van der Waals surface area contributed by atoms with Crippen molar-refractivity contribution in [1.82, 2.24) is 29.5 Å². The van der Waals surface area contributed by atoms with E-state index in [1.807, 2.05) is 54.6 Å². The molecule has 0 fully saturated rings. The number of H-pyrrole nitrogens is 1. The van der Waals surface area contributed by atoms with E-state index in [1.54, 1.807) is 21.6 Å². The third kappa shape index (κ3) is 4.59. The Labute approximate surface area is 202 Å². The van der Waals surface area contributed by atoms with Crippen molar-refractivity contribution in [2.45, 2.75) is 11.7 Å². The first kappa shape index (κ1) is 21.9. The predicted octanol–water partition coefficient (Wildman–Crippen LogP) is 3.74. The highest BCUT2D eigenvalue weighted by molar-refractivity contribution is 7.99. The van der Waals surface area contributed by atoms with Crippen molar-refractivity contribution in [1.29, 1.82) is 0 Å². The number of aromatic nitrogens is 6. The second kappa shape index (κ2) is 9.54. The third-order valence-corrected chi connectivity index (χ3v) is 6.26. The van der Waals surface area contributed by atoms with Crippen molar-refractivity contribution >= 4 is 46.1 Å². The number of hydrogen-bond donors (Lipinski definition) is 2. The molecule has 0 saturated heterocycles. The molecule has 0 aliphatic rings. The second-order valence-electron chi connectivity index (χ2n) is 7.30. The van der Waals surface area contributed by atoms with Crippen LogP contribution in [-0.4, -0.2) is 41.2 Å². The molecule has 170 valence electrons. The Bertz CT molecular complexity index is 1530. The molecular formula is C23H18ClN7O2S. The van der Waals surface area contributed by atoms with Crippen LogP contribution in [0.5, 0.6) is 0 Å². The van der Waals surface area contributed by atoms with Crippen LogP contribution in [-0.2, 0) is 11.3 Å². The molecule has 34 heavy (non-hydrogen) atoms. The number of aromatic amines is 1. The highest BCUT2D eigenvalue weighted by Gasteiger charge is 2.14. The van der Waals surface area contributed by atoms with Gasteiger partial charge < -0.3 is 10.3 Å². The smallest absolute Gasteiger partial charge is 0.262 e. The summed E-state index contributed by atoms with van der Waals surface area (Å²) in [5.74, 6) is 0.334. The zero-order valence-electron chi connectivity index (χ0n) is 17.7. The SMILES string of the molecule is O=C(CSc1nc2c(cnn2-c2ccccc2)c(=O)[nH]1)Nc1ccnn1Cc1ccccc1Cl. The summed E-state index contributed by atoms with van der Waals surface area (Å²) in [6.45, 7) is 0.421. The summed E-state index contributed by atoms with van der Waals surface area (Å²) in [6.07, 6.45) is 3.09. The van der Waals surface area contributed by atoms with Gasteiger partial charge in [0.05, 0.1) is 30.4 Å². The van der Waals surface area contributed by atoms with Crippen LogP contribution in [0.25, 0.3) is 16.7 Å². The third-order valence-electron chi connectivity index (χ3n) is 5.02. The van der Waals surface area contributed by atoms with Gasteiger partial charge in [-0.15, -0.1) is 0 Å². The van der Waals surface area contributed by atoms with Crippen LogP contribution in [0, 0.1) is 0 Å². The molecule has 0 spiro atoms. The van der Waals surface area contributed by atoms with Gasteiger partial charge in [0.1, 0.15) is 11.2 Å². The minimum Gasteiger partial charge on any atom is -0.310 e. The molecule has 2 aromatic carbocycles. The summed E-state index contributed by atoms with van der Waals surface area (Å²) < 4.78 is 3.26. The molecule has 5 rings (SSSR count). The Morgan fingerprint density at radius 3 is 2.68 bits per heavy atom. The Hall–Kier alpha value is -3.89. The Balaban J connectivity index is 1.29. The van der Waals surface area contributed by atoms with Gasteiger partial charge in [0, 0.05) is 11.1 Å². The summed E-state index contributed by atoms with van der Waals surface area (Å²) in [4.78, 5) is 32.3. The molecule has 11 heteroatoms. The minimum absolute atomic E-state index is 0.0468. The Kier molecular flexibility index (Phi) is 6.15. The molecule has 9 nitrogen and oxygen atoms in total. The van der Waals surface area contributed by atoms with E-state index in [1.165, 1.54) is 6.20 Å². The highest BCUT2D eigenvalue weighted by Crippen LogP contribution is 2.20. The van der Waals surface area contributed by atoms with Gasteiger partial charge in [-0.05, 0) is 23.8 Å². The van der Waals surface area contributed by atoms with Crippen LogP contribution >= 0.6 is 23.4 Å². The number of para-hydroxylation sites is 1. The number of rotatable bonds is 7. The van der Waals surface area contributed by atoms with Crippen LogP contribution in [0.15, 0.2) is 83.0 Å². The number of fused-ring (bicyclic) bond motifs is 1. The number of benzene rings is 2. The molecule has 0 bridgehead atoms. The first-order valence-corrected chi connectivity index (χ1v) is 11.7. The molecule has 0 radical (unpaired) electrons. The van der Waals surface area contributed by atoms with E-state index in [0.29, 0.717) is 33.6 Å². The summed E-state index contributed by atoms with van der Waals surface area (Å²) in [7, 11) is 0. The maximum absolute atomic E-state index is 12.6. The molecule has 0 aliphatic carbocycles. The number of thioether (sulfide) groups is 1. The first-order chi connectivity index (χ1) is 16.6. The van der Waals surface area contributed by atoms with Gasteiger partial charge in [-0.2, -0.15) is 10.2 Å². The number of carbonyl (C=O) groups excluding carboxylic acids is 1. The lowest BCUT2D eigenvalue weighted by molar-refractivity contribution is -0.113. The van der Waals surface area contributed by atoms with Crippen LogP contribution < -0.4 is 10.9 Å². The number of carbonyl (C=O) groups is 1. The number of nitrogens with zero attached hydrogens (tertiary/aromatic N) is 5. The maximum atomic E-state index is 12.6. The first-order valence-electron chi connectivity index (χ1n) is 10.3. The molecule has 0 saturated carbocycles. The monoisotopic (exact) mass is 491 g/mol. The van der Waals surface area contributed by atoms with Crippen LogP contribution in [0.3, 0.4) is 0 Å². The molecular weight excluding hydrogens is 474 g/mol. The largest absolute Gasteiger partial charge is 0.310 e. The zero-order chi connectivity index (χ0) is 23.5.